The van der Waals surface area contributed by atoms with E-state index < -0.39 is 0 Å². The molecule has 0 aromatic carbocycles. The number of rotatable bonds is 2. The number of hydrogen-bond donors (Lipinski definition) is 1. The SMILES string of the molecule is Fc1cc(Br)cnc1NC1CCC1. The van der Waals surface area contributed by atoms with E-state index in [1.165, 1.54) is 12.5 Å². The van der Waals surface area contributed by atoms with Gasteiger partial charge in [-0.15, -0.1) is 0 Å². The van der Waals surface area contributed by atoms with E-state index in [1.54, 1.807) is 6.20 Å². The summed E-state index contributed by atoms with van der Waals surface area (Å²) in [5.74, 6) is 0.0779. The van der Waals surface area contributed by atoms with Crippen molar-refractivity contribution in [3.8, 4) is 0 Å². The zero-order chi connectivity index (χ0) is 9.26. The molecule has 4 heteroatoms. The van der Waals surface area contributed by atoms with Gasteiger partial charge in [0.1, 0.15) is 0 Å². The molecule has 0 amide bonds. The zero-order valence-corrected chi connectivity index (χ0v) is 8.64. The molecule has 0 bridgehead atoms. The molecule has 2 rings (SSSR count). The Morgan fingerprint density at radius 1 is 1.54 bits per heavy atom. The van der Waals surface area contributed by atoms with E-state index in [0.717, 1.165) is 12.8 Å². The van der Waals surface area contributed by atoms with Gasteiger partial charge in [-0.25, -0.2) is 9.37 Å². The minimum Gasteiger partial charge on any atom is -0.365 e. The molecule has 13 heavy (non-hydrogen) atoms. The van der Waals surface area contributed by atoms with Crippen LogP contribution in [-0.2, 0) is 0 Å². The maximum atomic E-state index is 13.2. The van der Waals surface area contributed by atoms with Crippen LogP contribution in [0.4, 0.5) is 10.2 Å². The van der Waals surface area contributed by atoms with E-state index in [1.807, 2.05) is 0 Å². The monoisotopic (exact) mass is 244 g/mol. The Hall–Kier alpha value is -0.640. The van der Waals surface area contributed by atoms with Gasteiger partial charge in [-0.05, 0) is 41.3 Å². The van der Waals surface area contributed by atoms with Gasteiger partial charge in [-0.3, -0.25) is 0 Å². The Labute approximate surface area is 84.7 Å². The summed E-state index contributed by atoms with van der Waals surface area (Å²) >= 11 is 3.16. The summed E-state index contributed by atoms with van der Waals surface area (Å²) in [6.07, 6.45) is 5.08. The molecule has 0 saturated heterocycles. The highest BCUT2D eigenvalue weighted by Gasteiger charge is 2.18. The van der Waals surface area contributed by atoms with E-state index in [2.05, 4.69) is 26.2 Å². The lowest BCUT2D eigenvalue weighted by atomic mass is 9.93. The van der Waals surface area contributed by atoms with Crippen LogP contribution in [0.2, 0.25) is 0 Å². The third-order valence-corrected chi connectivity index (χ3v) is 2.69. The molecule has 1 heterocycles. The van der Waals surface area contributed by atoms with Gasteiger partial charge >= 0.3 is 0 Å². The lowest BCUT2D eigenvalue weighted by Gasteiger charge is -2.26. The van der Waals surface area contributed by atoms with E-state index in [4.69, 9.17) is 0 Å². The number of anilines is 1. The number of nitrogens with zero attached hydrogens (tertiary/aromatic N) is 1. The molecule has 2 nitrogen and oxygen atoms in total. The molecule has 0 radical (unpaired) electrons. The fourth-order valence-corrected chi connectivity index (χ4v) is 1.57. The predicted octanol–water partition coefficient (Wildman–Crippen LogP) is 2.95. The van der Waals surface area contributed by atoms with Crippen LogP contribution in [0.5, 0.6) is 0 Å². The highest BCUT2D eigenvalue weighted by Crippen LogP contribution is 2.24. The number of hydrogen-bond acceptors (Lipinski definition) is 2. The molecule has 1 N–H and O–H groups in total. The Morgan fingerprint density at radius 2 is 2.31 bits per heavy atom. The van der Waals surface area contributed by atoms with E-state index in [-0.39, 0.29) is 5.82 Å². The molecule has 1 fully saturated rings. The van der Waals surface area contributed by atoms with Crippen LogP contribution in [0, 0.1) is 5.82 Å². The molecule has 0 aliphatic heterocycles. The van der Waals surface area contributed by atoms with E-state index >= 15 is 0 Å². The van der Waals surface area contributed by atoms with Gasteiger partial charge in [0.2, 0.25) is 0 Å². The molecule has 0 atom stereocenters. The lowest BCUT2D eigenvalue weighted by molar-refractivity contribution is 0.441. The Kier molecular flexibility index (Phi) is 2.49. The van der Waals surface area contributed by atoms with Gasteiger partial charge in [0, 0.05) is 16.7 Å². The molecule has 0 spiro atoms. The molecule has 1 aromatic rings. The van der Waals surface area contributed by atoms with Gasteiger partial charge in [-0.1, -0.05) is 0 Å². The summed E-state index contributed by atoms with van der Waals surface area (Å²) < 4.78 is 13.9. The van der Waals surface area contributed by atoms with Crippen LogP contribution in [0.25, 0.3) is 0 Å². The average Bonchev–Trinajstić information content (AvgIpc) is 1.99. The third kappa shape index (κ3) is 1.99. The second-order valence-corrected chi connectivity index (χ2v) is 4.17. The molecule has 1 aliphatic rings. The highest BCUT2D eigenvalue weighted by atomic mass is 79.9. The topological polar surface area (TPSA) is 24.9 Å². The molecule has 1 aliphatic carbocycles. The van der Waals surface area contributed by atoms with Crippen molar-refractivity contribution < 1.29 is 4.39 Å². The maximum absolute atomic E-state index is 13.2. The molecular formula is C9H10BrFN2. The van der Waals surface area contributed by atoms with Crippen molar-refractivity contribution in [3.05, 3.63) is 22.6 Å². The normalized spacial score (nSPS) is 16.8. The minimum absolute atomic E-state index is 0.290. The number of nitrogens with one attached hydrogen (secondary N) is 1. The van der Waals surface area contributed by atoms with Gasteiger partial charge < -0.3 is 5.32 Å². The molecule has 1 saturated carbocycles. The molecular weight excluding hydrogens is 235 g/mol. The van der Waals surface area contributed by atoms with Gasteiger partial charge in [0.25, 0.3) is 0 Å². The lowest BCUT2D eigenvalue weighted by Crippen LogP contribution is -2.27. The number of aromatic nitrogens is 1. The van der Waals surface area contributed by atoms with Crippen LogP contribution in [0.3, 0.4) is 0 Å². The predicted molar refractivity (Wildman–Crippen MR) is 53.2 cm³/mol. The third-order valence-electron chi connectivity index (χ3n) is 2.25. The van der Waals surface area contributed by atoms with Crippen LogP contribution in [-0.4, -0.2) is 11.0 Å². The first kappa shape index (κ1) is 8.94. The standard InChI is InChI=1S/C9H10BrFN2/c10-6-4-8(11)9(12-5-6)13-7-2-1-3-7/h4-5,7H,1-3H2,(H,12,13). The maximum Gasteiger partial charge on any atom is 0.166 e. The summed E-state index contributed by atoms with van der Waals surface area (Å²) in [6, 6.07) is 1.84. The van der Waals surface area contributed by atoms with E-state index in [9.17, 15) is 4.39 Å². The fourth-order valence-electron chi connectivity index (χ4n) is 1.27. The zero-order valence-electron chi connectivity index (χ0n) is 7.06. The van der Waals surface area contributed by atoms with Crippen molar-refractivity contribution in [1.29, 1.82) is 0 Å². The van der Waals surface area contributed by atoms with Crippen molar-refractivity contribution in [1.82, 2.24) is 4.98 Å². The van der Waals surface area contributed by atoms with Crippen molar-refractivity contribution in [3.63, 3.8) is 0 Å². The van der Waals surface area contributed by atoms with Crippen molar-refractivity contribution >= 4 is 21.7 Å². The Morgan fingerprint density at radius 3 is 2.85 bits per heavy atom. The molecule has 1 aromatic heterocycles. The average molecular weight is 245 g/mol. The van der Waals surface area contributed by atoms with Crippen molar-refractivity contribution in [2.45, 2.75) is 25.3 Å². The largest absolute Gasteiger partial charge is 0.365 e. The second kappa shape index (κ2) is 3.62. The first-order chi connectivity index (χ1) is 6.25. The van der Waals surface area contributed by atoms with Crippen molar-refractivity contribution in [2.75, 3.05) is 5.32 Å². The van der Waals surface area contributed by atoms with Crippen LogP contribution in [0.1, 0.15) is 19.3 Å². The number of halogens is 2. The fraction of sp³-hybridized carbons (Fsp3) is 0.444. The quantitative estimate of drug-likeness (QED) is 0.866. The second-order valence-electron chi connectivity index (χ2n) is 3.26. The van der Waals surface area contributed by atoms with Crippen LogP contribution in [0.15, 0.2) is 16.7 Å². The molecule has 0 unspecified atom stereocenters. The summed E-state index contributed by atoms with van der Waals surface area (Å²) in [5, 5.41) is 3.07. The van der Waals surface area contributed by atoms with Crippen molar-refractivity contribution in [2.24, 2.45) is 0 Å². The summed E-state index contributed by atoms with van der Waals surface area (Å²) in [7, 11) is 0. The summed E-state index contributed by atoms with van der Waals surface area (Å²) in [6.45, 7) is 0. The first-order valence-corrected chi connectivity index (χ1v) is 5.12. The van der Waals surface area contributed by atoms with Crippen LogP contribution < -0.4 is 5.32 Å². The van der Waals surface area contributed by atoms with Gasteiger partial charge in [0.15, 0.2) is 11.6 Å². The first-order valence-electron chi connectivity index (χ1n) is 4.33. The Bertz CT molecular complexity index is 312. The van der Waals surface area contributed by atoms with Gasteiger partial charge in [-0.2, -0.15) is 0 Å². The summed E-state index contributed by atoms with van der Waals surface area (Å²) in [4.78, 5) is 3.97. The Balaban J connectivity index is 2.10. The minimum atomic E-state index is -0.290. The number of pyridine rings is 1. The summed E-state index contributed by atoms with van der Waals surface area (Å²) in [5.41, 5.74) is 0. The molecule has 70 valence electrons. The highest BCUT2D eigenvalue weighted by molar-refractivity contribution is 9.10. The van der Waals surface area contributed by atoms with Crippen LogP contribution >= 0.6 is 15.9 Å². The smallest absolute Gasteiger partial charge is 0.166 e. The van der Waals surface area contributed by atoms with E-state index in [0.29, 0.717) is 16.3 Å². The van der Waals surface area contributed by atoms with Gasteiger partial charge in [0.05, 0.1) is 0 Å².